The monoisotopic (exact) mass is 313 g/mol. The topological polar surface area (TPSA) is 103 Å². The van der Waals surface area contributed by atoms with Crippen molar-refractivity contribution in [3.05, 3.63) is 0 Å². The van der Waals surface area contributed by atoms with Crippen LogP contribution in [0.5, 0.6) is 0 Å². The first-order valence-corrected chi connectivity index (χ1v) is 7.20. The van der Waals surface area contributed by atoms with Crippen LogP contribution in [0, 0.1) is 0 Å². The lowest BCUT2D eigenvalue weighted by molar-refractivity contribution is -0.130. The van der Waals surface area contributed by atoms with Crippen LogP contribution in [0.4, 0.5) is 4.79 Å². The first kappa shape index (κ1) is 15.5. The normalized spacial score (nSPS) is 20.0. The van der Waals surface area contributed by atoms with Gasteiger partial charge in [-0.3, -0.25) is 25.3 Å². The lowest BCUT2D eigenvalue weighted by Gasteiger charge is -2.16. The molecule has 2 rings (SSSR count). The predicted octanol–water partition coefficient (Wildman–Crippen LogP) is -0.635. The Kier molecular flexibility index (Phi) is 4.31. The summed E-state index contributed by atoms with van der Waals surface area (Å²) in [5.41, 5.74) is 4.10. The van der Waals surface area contributed by atoms with Crippen molar-refractivity contribution in [1.82, 2.24) is 26.4 Å². The van der Waals surface area contributed by atoms with Gasteiger partial charge in [-0.05, 0) is 38.9 Å². The largest absolute Gasteiger partial charge is 0.359 e. The quantitative estimate of drug-likeness (QED) is 0.313. The van der Waals surface area contributed by atoms with Gasteiger partial charge in [0.05, 0.1) is 0 Å². The molecule has 1 heterocycles. The van der Waals surface area contributed by atoms with Crippen LogP contribution in [0.1, 0.15) is 33.1 Å². The van der Waals surface area contributed by atoms with Crippen molar-refractivity contribution < 1.29 is 14.4 Å². The van der Waals surface area contributed by atoms with Gasteiger partial charge in [0.25, 0.3) is 5.91 Å². The maximum Gasteiger partial charge on any atom is 0.325 e. The Labute approximate surface area is 128 Å². The zero-order valence-electron chi connectivity index (χ0n) is 12.0. The summed E-state index contributed by atoms with van der Waals surface area (Å²) < 4.78 is 0. The maximum atomic E-state index is 11.9. The van der Waals surface area contributed by atoms with E-state index in [0.29, 0.717) is 11.2 Å². The highest BCUT2D eigenvalue weighted by Crippen LogP contribution is 2.18. The molecule has 0 spiro atoms. The van der Waals surface area contributed by atoms with E-state index in [2.05, 4.69) is 21.5 Å². The zero-order chi connectivity index (χ0) is 15.6. The molecule has 1 saturated carbocycles. The standard InChI is InChI=1S/C12H19N5O3S/c1-12(2)9(19)17(11(20)14-12)6-5-8(18)15-16-10(21)13-7-3-4-7/h7H,3-6H2,1-2H3,(H,14,20)(H,15,18)(H2,13,16,21). The molecule has 0 bridgehead atoms. The minimum Gasteiger partial charge on any atom is -0.359 e. The molecule has 0 aromatic rings. The summed E-state index contributed by atoms with van der Waals surface area (Å²) in [7, 11) is 0. The van der Waals surface area contributed by atoms with Crippen LogP contribution < -0.4 is 21.5 Å². The van der Waals surface area contributed by atoms with Gasteiger partial charge in [0, 0.05) is 19.0 Å². The second kappa shape index (κ2) is 5.84. The molecule has 116 valence electrons. The molecule has 2 fully saturated rings. The lowest BCUT2D eigenvalue weighted by atomic mass is 10.1. The van der Waals surface area contributed by atoms with E-state index in [-0.39, 0.29) is 24.8 Å². The van der Waals surface area contributed by atoms with Crippen molar-refractivity contribution >= 4 is 35.2 Å². The Balaban J connectivity index is 1.70. The van der Waals surface area contributed by atoms with E-state index in [0.717, 1.165) is 17.7 Å². The molecule has 2 aliphatic rings. The van der Waals surface area contributed by atoms with Crippen LogP contribution in [0.15, 0.2) is 0 Å². The predicted molar refractivity (Wildman–Crippen MR) is 79.0 cm³/mol. The highest BCUT2D eigenvalue weighted by atomic mass is 32.1. The van der Waals surface area contributed by atoms with Crippen molar-refractivity contribution in [3.8, 4) is 0 Å². The van der Waals surface area contributed by atoms with Gasteiger partial charge in [0.15, 0.2) is 5.11 Å². The minimum atomic E-state index is -0.915. The van der Waals surface area contributed by atoms with Gasteiger partial charge in [0.1, 0.15) is 5.54 Å². The number of amides is 4. The summed E-state index contributed by atoms with van der Waals surface area (Å²) in [6.45, 7) is 3.28. The van der Waals surface area contributed by atoms with Crippen LogP contribution in [-0.2, 0) is 9.59 Å². The number of rotatable bonds is 4. The van der Waals surface area contributed by atoms with Crippen molar-refractivity contribution in [2.75, 3.05) is 6.54 Å². The molecule has 1 aliphatic heterocycles. The van der Waals surface area contributed by atoms with Crippen LogP contribution in [0.25, 0.3) is 0 Å². The van der Waals surface area contributed by atoms with Crippen molar-refractivity contribution in [1.29, 1.82) is 0 Å². The Morgan fingerprint density at radius 2 is 2.05 bits per heavy atom. The summed E-state index contributed by atoms with van der Waals surface area (Å²) in [6, 6.07) is -0.0771. The number of nitrogens with zero attached hydrogens (tertiary/aromatic N) is 1. The Morgan fingerprint density at radius 3 is 2.57 bits per heavy atom. The van der Waals surface area contributed by atoms with Crippen LogP contribution in [-0.4, -0.2) is 46.0 Å². The van der Waals surface area contributed by atoms with Gasteiger partial charge < -0.3 is 10.6 Å². The summed E-state index contributed by atoms with van der Waals surface area (Å²) in [5, 5.41) is 5.93. The summed E-state index contributed by atoms with van der Waals surface area (Å²) in [4.78, 5) is 36.2. The molecular formula is C12H19N5O3S. The molecule has 4 N–H and O–H groups in total. The third-order valence-corrected chi connectivity index (χ3v) is 3.45. The molecule has 8 nitrogen and oxygen atoms in total. The van der Waals surface area contributed by atoms with Gasteiger partial charge >= 0.3 is 6.03 Å². The van der Waals surface area contributed by atoms with Gasteiger partial charge in [0.2, 0.25) is 5.91 Å². The number of hydrazine groups is 1. The second-order valence-electron chi connectivity index (χ2n) is 5.68. The Hall–Kier alpha value is -1.90. The Morgan fingerprint density at radius 1 is 1.38 bits per heavy atom. The number of thiocarbonyl (C=S) groups is 1. The molecule has 1 aliphatic carbocycles. The smallest absolute Gasteiger partial charge is 0.325 e. The molecule has 21 heavy (non-hydrogen) atoms. The molecule has 0 radical (unpaired) electrons. The fraction of sp³-hybridized carbons (Fsp3) is 0.667. The number of nitrogens with one attached hydrogen (secondary N) is 4. The van der Waals surface area contributed by atoms with Gasteiger partial charge in [-0.25, -0.2) is 4.79 Å². The number of urea groups is 1. The summed E-state index contributed by atoms with van der Waals surface area (Å²) in [5.74, 6) is -0.681. The summed E-state index contributed by atoms with van der Waals surface area (Å²) in [6.07, 6.45) is 2.17. The van der Waals surface area contributed by atoms with E-state index in [4.69, 9.17) is 12.2 Å². The second-order valence-corrected chi connectivity index (χ2v) is 6.09. The number of carbonyl (C=O) groups excluding carboxylic acids is 3. The van der Waals surface area contributed by atoms with Crippen LogP contribution in [0.3, 0.4) is 0 Å². The average Bonchev–Trinajstić information content (AvgIpc) is 3.16. The van der Waals surface area contributed by atoms with Crippen molar-refractivity contribution in [2.45, 2.75) is 44.7 Å². The average molecular weight is 313 g/mol. The van der Waals surface area contributed by atoms with E-state index >= 15 is 0 Å². The third-order valence-electron chi connectivity index (χ3n) is 3.23. The third kappa shape index (κ3) is 4.03. The zero-order valence-corrected chi connectivity index (χ0v) is 12.8. The first-order valence-electron chi connectivity index (χ1n) is 6.79. The molecule has 1 saturated heterocycles. The van der Waals surface area contributed by atoms with E-state index in [9.17, 15) is 14.4 Å². The van der Waals surface area contributed by atoms with Crippen LogP contribution in [0.2, 0.25) is 0 Å². The highest BCUT2D eigenvalue weighted by Gasteiger charge is 2.43. The molecule has 4 amide bonds. The fourth-order valence-electron chi connectivity index (χ4n) is 1.87. The van der Waals surface area contributed by atoms with Gasteiger partial charge in [-0.1, -0.05) is 0 Å². The molecule has 0 aromatic heterocycles. The van der Waals surface area contributed by atoms with Crippen molar-refractivity contribution in [3.63, 3.8) is 0 Å². The lowest BCUT2D eigenvalue weighted by Crippen LogP contribution is -2.48. The van der Waals surface area contributed by atoms with E-state index in [1.54, 1.807) is 13.8 Å². The highest BCUT2D eigenvalue weighted by molar-refractivity contribution is 7.80. The molecule has 9 heteroatoms. The first-order chi connectivity index (χ1) is 9.79. The van der Waals surface area contributed by atoms with Crippen molar-refractivity contribution in [2.24, 2.45) is 0 Å². The summed E-state index contributed by atoms with van der Waals surface area (Å²) >= 11 is 4.98. The van der Waals surface area contributed by atoms with E-state index in [1.807, 2.05) is 0 Å². The van der Waals surface area contributed by atoms with E-state index < -0.39 is 11.6 Å². The number of hydrogen-bond acceptors (Lipinski definition) is 4. The number of carbonyl (C=O) groups is 3. The van der Waals surface area contributed by atoms with Gasteiger partial charge in [-0.2, -0.15) is 0 Å². The SMILES string of the molecule is CC1(C)NC(=O)N(CCC(=O)NNC(=S)NC2CC2)C1=O. The molecular weight excluding hydrogens is 294 g/mol. The number of hydrogen-bond donors (Lipinski definition) is 4. The van der Waals surface area contributed by atoms with Gasteiger partial charge in [-0.15, -0.1) is 0 Å². The molecule has 0 atom stereocenters. The van der Waals surface area contributed by atoms with E-state index in [1.165, 1.54) is 0 Å². The molecule has 0 unspecified atom stereocenters. The molecule has 0 aromatic carbocycles. The minimum absolute atomic E-state index is 0.00822. The number of imide groups is 1. The fourth-order valence-corrected chi connectivity index (χ4v) is 2.09. The maximum absolute atomic E-state index is 11.9. The van der Waals surface area contributed by atoms with Crippen LogP contribution >= 0.6 is 12.2 Å². The Bertz CT molecular complexity index is 489.